The first kappa shape index (κ1) is 12.6. The summed E-state index contributed by atoms with van der Waals surface area (Å²) in [5.74, 6) is 5.84. The normalized spacial score (nSPS) is 9.83. The second-order valence-electron chi connectivity index (χ2n) is 3.59. The first-order valence-electron chi connectivity index (χ1n) is 5.48. The topological polar surface area (TPSA) is 55.1 Å². The Labute approximate surface area is 109 Å². The highest BCUT2D eigenvalue weighted by atomic mass is 32.1. The molecule has 92 valence electrons. The van der Waals surface area contributed by atoms with E-state index in [2.05, 4.69) is 16.8 Å². The minimum atomic E-state index is -0.0636. The van der Waals surface area contributed by atoms with E-state index in [0.717, 1.165) is 9.75 Å². The zero-order valence-electron chi connectivity index (χ0n) is 9.67. The van der Waals surface area contributed by atoms with E-state index >= 15 is 0 Å². The third-order valence-electron chi connectivity index (χ3n) is 2.23. The lowest BCUT2D eigenvalue weighted by atomic mass is 10.4. The van der Waals surface area contributed by atoms with Gasteiger partial charge in [0.1, 0.15) is 0 Å². The molecule has 0 atom stereocenters. The summed E-state index contributed by atoms with van der Waals surface area (Å²) in [5.41, 5.74) is -0.0636. The molecule has 0 aliphatic heterocycles. The zero-order chi connectivity index (χ0) is 12.8. The molecule has 2 rings (SSSR count). The number of rotatable bonds is 3. The molecule has 0 fully saturated rings. The van der Waals surface area contributed by atoms with Crippen LogP contribution in [0.3, 0.4) is 0 Å². The average molecular weight is 260 g/mol. The highest BCUT2D eigenvalue weighted by Gasteiger charge is 2.00. The third-order valence-corrected chi connectivity index (χ3v) is 3.21. The van der Waals surface area contributed by atoms with Crippen LogP contribution in [0.2, 0.25) is 0 Å². The van der Waals surface area contributed by atoms with Crippen molar-refractivity contribution in [1.29, 1.82) is 0 Å². The Morgan fingerprint density at radius 3 is 3.06 bits per heavy atom. The van der Waals surface area contributed by atoms with Gasteiger partial charge in [-0.25, -0.2) is 4.98 Å². The summed E-state index contributed by atoms with van der Waals surface area (Å²) in [6.45, 7) is 0.593. The van der Waals surface area contributed by atoms with E-state index in [1.54, 1.807) is 15.9 Å². The lowest BCUT2D eigenvalue weighted by molar-refractivity contribution is 0.305. The number of hydrogen-bond acceptors (Lipinski definition) is 4. The maximum absolute atomic E-state index is 11.5. The summed E-state index contributed by atoms with van der Waals surface area (Å²) < 4.78 is 1.55. The molecular formula is C13H12N2O2S. The summed E-state index contributed by atoms with van der Waals surface area (Å²) in [6, 6.07) is 5.31. The molecule has 0 aromatic carbocycles. The Balaban J connectivity index is 2.10. The van der Waals surface area contributed by atoms with Crippen LogP contribution in [0.4, 0.5) is 0 Å². The van der Waals surface area contributed by atoms with Gasteiger partial charge in [-0.3, -0.25) is 9.36 Å². The molecule has 0 spiro atoms. The van der Waals surface area contributed by atoms with E-state index < -0.39 is 0 Å². The second-order valence-corrected chi connectivity index (χ2v) is 4.76. The van der Waals surface area contributed by atoms with Crippen molar-refractivity contribution in [3.05, 3.63) is 50.8 Å². The molecule has 0 saturated heterocycles. The largest absolute Gasteiger partial charge is 0.395 e. The van der Waals surface area contributed by atoms with Crippen LogP contribution in [0.1, 0.15) is 16.2 Å². The van der Waals surface area contributed by atoms with Gasteiger partial charge in [0.05, 0.1) is 24.4 Å². The first-order valence-corrected chi connectivity index (χ1v) is 6.30. The van der Waals surface area contributed by atoms with Crippen molar-refractivity contribution in [2.24, 2.45) is 0 Å². The fourth-order valence-corrected chi connectivity index (χ4v) is 2.28. The van der Waals surface area contributed by atoms with Crippen LogP contribution < -0.4 is 5.56 Å². The number of nitrogens with zero attached hydrogens (tertiary/aromatic N) is 2. The van der Waals surface area contributed by atoms with Crippen LogP contribution in [-0.2, 0) is 6.54 Å². The second kappa shape index (κ2) is 6.15. The summed E-state index contributed by atoms with van der Waals surface area (Å²) in [7, 11) is 0. The Hall–Kier alpha value is -1.90. The highest BCUT2D eigenvalue weighted by molar-refractivity contribution is 7.12. The SMILES string of the molecule is O=c1ccncn1Cc1ccc(C#CCCO)s1. The molecule has 4 nitrogen and oxygen atoms in total. The molecule has 18 heavy (non-hydrogen) atoms. The molecule has 0 bridgehead atoms. The van der Waals surface area contributed by atoms with Crippen molar-refractivity contribution < 1.29 is 5.11 Å². The Bertz CT molecular complexity index is 634. The molecule has 0 aliphatic rings. The van der Waals surface area contributed by atoms with Crippen molar-refractivity contribution in [3.63, 3.8) is 0 Å². The Morgan fingerprint density at radius 2 is 2.28 bits per heavy atom. The molecule has 0 radical (unpaired) electrons. The van der Waals surface area contributed by atoms with E-state index in [4.69, 9.17) is 5.11 Å². The molecule has 0 saturated carbocycles. The fraction of sp³-hybridized carbons (Fsp3) is 0.231. The summed E-state index contributed by atoms with van der Waals surface area (Å²) >= 11 is 1.54. The van der Waals surface area contributed by atoms with E-state index in [1.807, 2.05) is 12.1 Å². The molecule has 2 aromatic heterocycles. The minimum Gasteiger partial charge on any atom is -0.395 e. The van der Waals surface area contributed by atoms with Gasteiger partial charge >= 0.3 is 0 Å². The molecule has 0 unspecified atom stereocenters. The monoisotopic (exact) mass is 260 g/mol. The number of aromatic nitrogens is 2. The van der Waals surface area contributed by atoms with Crippen molar-refractivity contribution in [1.82, 2.24) is 9.55 Å². The number of aliphatic hydroxyl groups excluding tert-OH is 1. The number of aliphatic hydroxyl groups is 1. The third kappa shape index (κ3) is 3.29. The molecule has 1 N–H and O–H groups in total. The van der Waals surface area contributed by atoms with Gasteiger partial charge in [0.2, 0.25) is 0 Å². The molecular weight excluding hydrogens is 248 g/mol. The standard InChI is InChI=1S/C13H12N2O2S/c16-8-2-1-3-11-4-5-12(18-11)9-15-10-14-7-6-13(15)17/h4-7,10,16H,2,8-9H2. The Kier molecular flexibility index (Phi) is 4.29. The maximum atomic E-state index is 11.5. The van der Waals surface area contributed by atoms with Gasteiger partial charge in [0, 0.05) is 23.6 Å². The van der Waals surface area contributed by atoms with E-state index in [0.29, 0.717) is 13.0 Å². The van der Waals surface area contributed by atoms with Gasteiger partial charge in [-0.15, -0.1) is 11.3 Å². The van der Waals surface area contributed by atoms with Crippen molar-refractivity contribution in [2.45, 2.75) is 13.0 Å². The molecule has 0 amide bonds. The van der Waals surface area contributed by atoms with Gasteiger partial charge < -0.3 is 5.11 Å². The number of hydrogen-bond donors (Lipinski definition) is 1. The fourth-order valence-electron chi connectivity index (χ4n) is 1.40. The van der Waals surface area contributed by atoms with Crippen molar-refractivity contribution >= 4 is 11.3 Å². The van der Waals surface area contributed by atoms with Crippen molar-refractivity contribution in [2.75, 3.05) is 6.61 Å². The van der Waals surface area contributed by atoms with E-state index in [-0.39, 0.29) is 12.2 Å². The van der Waals surface area contributed by atoms with E-state index in [1.165, 1.54) is 18.6 Å². The highest BCUT2D eigenvalue weighted by Crippen LogP contribution is 2.15. The van der Waals surface area contributed by atoms with Gasteiger partial charge in [-0.05, 0) is 12.1 Å². The molecule has 0 aliphatic carbocycles. The summed E-state index contributed by atoms with van der Waals surface area (Å²) in [4.78, 5) is 17.4. The van der Waals surface area contributed by atoms with Gasteiger partial charge in [0.25, 0.3) is 5.56 Å². The van der Waals surface area contributed by atoms with Crippen LogP contribution >= 0.6 is 11.3 Å². The Morgan fingerprint density at radius 1 is 1.39 bits per heavy atom. The lowest BCUT2D eigenvalue weighted by Crippen LogP contribution is -2.18. The molecule has 2 aromatic rings. The predicted octanol–water partition coefficient (Wildman–Crippen LogP) is 1.09. The van der Waals surface area contributed by atoms with Crippen molar-refractivity contribution in [3.8, 4) is 11.8 Å². The van der Waals surface area contributed by atoms with E-state index in [9.17, 15) is 4.79 Å². The maximum Gasteiger partial charge on any atom is 0.253 e. The zero-order valence-corrected chi connectivity index (χ0v) is 10.5. The first-order chi connectivity index (χ1) is 8.79. The summed E-state index contributed by atoms with van der Waals surface area (Å²) in [6.07, 6.45) is 3.49. The van der Waals surface area contributed by atoms with Gasteiger partial charge in [-0.2, -0.15) is 0 Å². The quantitative estimate of drug-likeness (QED) is 0.840. The average Bonchev–Trinajstić information content (AvgIpc) is 2.80. The van der Waals surface area contributed by atoms with Crippen LogP contribution in [0.25, 0.3) is 0 Å². The van der Waals surface area contributed by atoms with Crippen LogP contribution in [0.15, 0.2) is 35.5 Å². The number of thiophene rings is 1. The van der Waals surface area contributed by atoms with Crippen LogP contribution in [-0.4, -0.2) is 21.3 Å². The van der Waals surface area contributed by atoms with Gasteiger partial charge in [0.15, 0.2) is 0 Å². The smallest absolute Gasteiger partial charge is 0.253 e. The lowest BCUT2D eigenvalue weighted by Gasteiger charge is -2.00. The predicted molar refractivity (Wildman–Crippen MR) is 70.5 cm³/mol. The summed E-state index contributed by atoms with van der Waals surface area (Å²) in [5, 5.41) is 8.63. The minimum absolute atomic E-state index is 0.0636. The van der Waals surface area contributed by atoms with Crippen LogP contribution in [0.5, 0.6) is 0 Å². The molecule has 5 heteroatoms. The van der Waals surface area contributed by atoms with Crippen LogP contribution in [0, 0.1) is 11.8 Å². The molecule has 2 heterocycles. The van der Waals surface area contributed by atoms with Gasteiger partial charge in [-0.1, -0.05) is 11.8 Å².